The van der Waals surface area contributed by atoms with Crippen LogP contribution in [0.25, 0.3) is 0 Å². The molecule has 2 amide bonds. The maximum absolute atomic E-state index is 12.6. The van der Waals surface area contributed by atoms with Crippen LogP contribution in [0, 0.1) is 6.92 Å². The molecule has 0 bridgehead atoms. The molecule has 26 heavy (non-hydrogen) atoms. The van der Waals surface area contributed by atoms with Crippen LogP contribution in [0.1, 0.15) is 11.1 Å². The summed E-state index contributed by atoms with van der Waals surface area (Å²) in [6.45, 7) is 2.23. The third-order valence-electron chi connectivity index (χ3n) is 3.76. The molecule has 3 rings (SSSR count). The molecule has 0 saturated heterocycles. The number of aromatic amines is 1. The van der Waals surface area contributed by atoms with Gasteiger partial charge in [0.05, 0.1) is 16.0 Å². The summed E-state index contributed by atoms with van der Waals surface area (Å²) in [4.78, 5) is 12.3. The molecule has 0 aliphatic carbocycles. The van der Waals surface area contributed by atoms with E-state index in [2.05, 4.69) is 20.8 Å². The topological polar surface area (TPSA) is 104 Å². The lowest BCUT2D eigenvalue weighted by Crippen LogP contribution is -2.28. The Hall–Kier alpha value is -3.13. The average molecular weight is 370 g/mol. The molecule has 0 radical (unpaired) electrons. The van der Waals surface area contributed by atoms with Crippen molar-refractivity contribution in [2.45, 2.75) is 23.3 Å². The van der Waals surface area contributed by atoms with Crippen molar-refractivity contribution >= 4 is 21.6 Å². The third-order valence-corrected chi connectivity index (χ3v) is 5.55. The Morgan fingerprint density at radius 3 is 2.23 bits per heavy atom. The van der Waals surface area contributed by atoms with Gasteiger partial charge in [0.25, 0.3) is 0 Å². The number of amides is 2. The van der Waals surface area contributed by atoms with Crippen LogP contribution in [0.5, 0.6) is 0 Å². The SMILES string of the molecule is Cc1ccc(S(=O)(=O)c2ccc(NC(=O)NCc3cn[nH]c3)cc2)cc1. The summed E-state index contributed by atoms with van der Waals surface area (Å²) in [7, 11) is -3.58. The molecular weight excluding hydrogens is 352 g/mol. The molecule has 0 atom stereocenters. The average Bonchev–Trinajstić information content (AvgIpc) is 3.14. The Balaban J connectivity index is 1.66. The number of anilines is 1. The van der Waals surface area contributed by atoms with Gasteiger partial charge in [-0.05, 0) is 43.3 Å². The summed E-state index contributed by atoms with van der Waals surface area (Å²) < 4.78 is 25.2. The second-order valence-electron chi connectivity index (χ2n) is 5.76. The van der Waals surface area contributed by atoms with Gasteiger partial charge in [-0.2, -0.15) is 5.10 Å². The van der Waals surface area contributed by atoms with Crippen molar-refractivity contribution in [3.63, 3.8) is 0 Å². The van der Waals surface area contributed by atoms with E-state index in [4.69, 9.17) is 0 Å². The van der Waals surface area contributed by atoms with Crippen LogP contribution < -0.4 is 10.6 Å². The van der Waals surface area contributed by atoms with Crippen LogP contribution in [0.3, 0.4) is 0 Å². The van der Waals surface area contributed by atoms with Gasteiger partial charge in [-0.1, -0.05) is 17.7 Å². The van der Waals surface area contributed by atoms with Gasteiger partial charge < -0.3 is 10.6 Å². The zero-order valence-electron chi connectivity index (χ0n) is 14.1. The second kappa shape index (κ2) is 7.40. The van der Waals surface area contributed by atoms with Crippen LogP contribution in [-0.4, -0.2) is 24.6 Å². The molecule has 134 valence electrons. The molecule has 0 unspecified atom stereocenters. The quantitative estimate of drug-likeness (QED) is 0.642. The molecule has 0 spiro atoms. The van der Waals surface area contributed by atoms with E-state index in [1.165, 1.54) is 12.1 Å². The number of carbonyl (C=O) groups excluding carboxylic acids is 1. The van der Waals surface area contributed by atoms with Crippen molar-refractivity contribution in [1.82, 2.24) is 15.5 Å². The number of carbonyl (C=O) groups is 1. The van der Waals surface area contributed by atoms with Gasteiger partial charge in [-0.25, -0.2) is 13.2 Å². The number of nitrogens with zero attached hydrogens (tertiary/aromatic N) is 1. The summed E-state index contributed by atoms with van der Waals surface area (Å²) in [6.07, 6.45) is 3.30. The Bertz CT molecular complexity index is 980. The normalized spacial score (nSPS) is 11.1. The fourth-order valence-electron chi connectivity index (χ4n) is 2.30. The highest BCUT2D eigenvalue weighted by Gasteiger charge is 2.17. The van der Waals surface area contributed by atoms with Gasteiger partial charge in [0.15, 0.2) is 0 Å². The lowest BCUT2D eigenvalue weighted by atomic mass is 10.2. The highest BCUT2D eigenvalue weighted by molar-refractivity contribution is 7.91. The smallest absolute Gasteiger partial charge is 0.319 e. The van der Waals surface area contributed by atoms with E-state index in [1.807, 2.05) is 6.92 Å². The maximum atomic E-state index is 12.6. The summed E-state index contributed by atoms with van der Waals surface area (Å²) in [5, 5.41) is 11.8. The first-order valence-electron chi connectivity index (χ1n) is 7.89. The number of sulfone groups is 1. The number of benzene rings is 2. The summed E-state index contributed by atoms with van der Waals surface area (Å²) in [5.41, 5.74) is 2.34. The Morgan fingerprint density at radius 2 is 1.65 bits per heavy atom. The van der Waals surface area contributed by atoms with Crippen LogP contribution in [0.4, 0.5) is 10.5 Å². The molecule has 1 heterocycles. The fraction of sp³-hybridized carbons (Fsp3) is 0.111. The predicted molar refractivity (Wildman–Crippen MR) is 97.5 cm³/mol. The summed E-state index contributed by atoms with van der Waals surface area (Å²) in [6, 6.07) is 12.3. The first kappa shape index (κ1) is 17.7. The van der Waals surface area contributed by atoms with Gasteiger partial charge >= 0.3 is 6.03 Å². The molecule has 0 aliphatic heterocycles. The zero-order valence-corrected chi connectivity index (χ0v) is 14.9. The lowest BCUT2D eigenvalue weighted by molar-refractivity contribution is 0.251. The van der Waals surface area contributed by atoms with E-state index in [0.717, 1.165) is 11.1 Å². The van der Waals surface area contributed by atoms with E-state index >= 15 is 0 Å². The highest BCUT2D eigenvalue weighted by Crippen LogP contribution is 2.22. The van der Waals surface area contributed by atoms with Gasteiger partial charge in [0.2, 0.25) is 9.84 Å². The number of hydrogen-bond donors (Lipinski definition) is 3. The van der Waals surface area contributed by atoms with Crippen LogP contribution in [0.15, 0.2) is 70.7 Å². The molecule has 0 fully saturated rings. The molecule has 1 aromatic heterocycles. The minimum Gasteiger partial charge on any atom is -0.334 e. The Morgan fingerprint density at radius 1 is 1.04 bits per heavy atom. The third kappa shape index (κ3) is 4.09. The first-order chi connectivity index (χ1) is 12.4. The molecular formula is C18H18N4O3S. The fourth-order valence-corrected chi connectivity index (χ4v) is 3.56. The molecule has 3 aromatic rings. The predicted octanol–water partition coefficient (Wildman–Crippen LogP) is 2.87. The number of rotatable bonds is 5. The number of aromatic nitrogens is 2. The van der Waals surface area contributed by atoms with Crippen molar-refractivity contribution in [3.8, 4) is 0 Å². The van der Waals surface area contributed by atoms with Crippen molar-refractivity contribution in [2.75, 3.05) is 5.32 Å². The number of urea groups is 1. The maximum Gasteiger partial charge on any atom is 0.319 e. The molecule has 0 aliphatic rings. The largest absolute Gasteiger partial charge is 0.334 e. The minimum absolute atomic E-state index is 0.172. The molecule has 2 aromatic carbocycles. The molecule has 0 saturated carbocycles. The van der Waals surface area contributed by atoms with E-state index < -0.39 is 9.84 Å². The molecule has 8 heteroatoms. The summed E-state index contributed by atoms with van der Waals surface area (Å²) in [5.74, 6) is 0. The van der Waals surface area contributed by atoms with E-state index in [9.17, 15) is 13.2 Å². The monoisotopic (exact) mass is 370 g/mol. The van der Waals surface area contributed by atoms with Crippen molar-refractivity contribution in [1.29, 1.82) is 0 Å². The van der Waals surface area contributed by atoms with Crippen molar-refractivity contribution in [2.24, 2.45) is 0 Å². The number of hydrogen-bond acceptors (Lipinski definition) is 4. The number of nitrogens with one attached hydrogen (secondary N) is 3. The van der Waals surface area contributed by atoms with E-state index in [-0.39, 0.29) is 15.8 Å². The standard InChI is InChI=1S/C18H18N4O3S/c1-13-2-6-16(7-3-13)26(24,25)17-8-4-15(5-9-17)22-18(23)19-10-14-11-20-21-12-14/h2-9,11-12H,10H2,1H3,(H,20,21)(H2,19,22,23). The Kier molecular flexibility index (Phi) is 5.04. The molecule has 3 N–H and O–H groups in total. The van der Waals surface area contributed by atoms with Crippen LogP contribution in [-0.2, 0) is 16.4 Å². The minimum atomic E-state index is -3.58. The van der Waals surface area contributed by atoms with Gasteiger partial charge in [0, 0.05) is 24.0 Å². The van der Waals surface area contributed by atoms with Crippen LogP contribution >= 0.6 is 0 Å². The van der Waals surface area contributed by atoms with E-state index in [0.29, 0.717) is 12.2 Å². The van der Waals surface area contributed by atoms with Crippen molar-refractivity contribution in [3.05, 3.63) is 72.1 Å². The second-order valence-corrected chi connectivity index (χ2v) is 7.70. The number of aryl methyl sites for hydroxylation is 1. The van der Waals surface area contributed by atoms with Gasteiger partial charge in [-0.15, -0.1) is 0 Å². The summed E-state index contributed by atoms with van der Waals surface area (Å²) >= 11 is 0. The number of H-pyrrole nitrogens is 1. The van der Waals surface area contributed by atoms with Crippen molar-refractivity contribution < 1.29 is 13.2 Å². The zero-order chi connectivity index (χ0) is 18.6. The Labute approximate surface area is 151 Å². The van der Waals surface area contributed by atoms with Crippen LogP contribution in [0.2, 0.25) is 0 Å². The molecule has 7 nitrogen and oxygen atoms in total. The van der Waals surface area contributed by atoms with Gasteiger partial charge in [-0.3, -0.25) is 5.10 Å². The highest BCUT2D eigenvalue weighted by atomic mass is 32.2. The first-order valence-corrected chi connectivity index (χ1v) is 9.38. The van der Waals surface area contributed by atoms with E-state index in [1.54, 1.807) is 48.8 Å². The van der Waals surface area contributed by atoms with Gasteiger partial charge in [0.1, 0.15) is 0 Å². The lowest BCUT2D eigenvalue weighted by Gasteiger charge is -2.09.